The molecule has 3 aromatic rings. The predicted octanol–water partition coefficient (Wildman–Crippen LogP) is 4.81. The van der Waals surface area contributed by atoms with Gasteiger partial charge in [-0.1, -0.05) is 36.4 Å². The van der Waals surface area contributed by atoms with E-state index in [0.717, 1.165) is 24.4 Å². The zero-order valence-electron chi connectivity index (χ0n) is 16.4. The van der Waals surface area contributed by atoms with E-state index in [9.17, 15) is 0 Å². The molecule has 136 valence electrons. The molecule has 4 rings (SSSR count). The number of fused-ring (bicyclic) bond motifs is 2. The van der Waals surface area contributed by atoms with Crippen molar-refractivity contribution in [2.24, 2.45) is 0 Å². The summed E-state index contributed by atoms with van der Waals surface area (Å²) in [6.45, 7) is 6.53. The van der Waals surface area contributed by atoms with Gasteiger partial charge in [-0.3, -0.25) is 0 Å². The number of nitrogens with zero attached hydrogens (tertiary/aromatic N) is 2. The average molecular weight is 348 g/mol. The maximum Gasteiger partial charge on any atom is 0.134 e. The van der Waals surface area contributed by atoms with E-state index in [2.05, 4.69) is 87.3 Å². The first-order valence-corrected chi connectivity index (χ1v) is 9.34. The Morgan fingerprint density at radius 1 is 1.08 bits per heavy atom. The number of hydrogen-bond donors (Lipinski definition) is 0. The van der Waals surface area contributed by atoms with Crippen molar-refractivity contribution in [3.8, 4) is 0 Å². The standard InChI is InChI=1S/C23H28N2O/c1-23(2,24(3)4)18-10-11-19-17(12-18)14-25(5)15-20(19)22-13-16-8-6-7-9-21(16)26-22/h6-13,20H,14-15H2,1-5H3. The molecule has 1 unspecified atom stereocenters. The summed E-state index contributed by atoms with van der Waals surface area (Å²) in [4.78, 5) is 4.67. The topological polar surface area (TPSA) is 19.6 Å². The summed E-state index contributed by atoms with van der Waals surface area (Å²) >= 11 is 0. The summed E-state index contributed by atoms with van der Waals surface area (Å²) < 4.78 is 6.21. The van der Waals surface area contributed by atoms with Crippen molar-refractivity contribution in [1.29, 1.82) is 0 Å². The molecule has 0 saturated carbocycles. The third kappa shape index (κ3) is 2.85. The Labute approximate surface area is 156 Å². The van der Waals surface area contributed by atoms with Crippen LogP contribution in [0.1, 0.15) is 42.2 Å². The summed E-state index contributed by atoms with van der Waals surface area (Å²) in [7, 11) is 6.48. The van der Waals surface area contributed by atoms with Gasteiger partial charge in [-0.05, 0) is 63.8 Å². The molecule has 0 spiro atoms. The smallest absolute Gasteiger partial charge is 0.134 e. The van der Waals surface area contributed by atoms with Crippen molar-refractivity contribution in [3.63, 3.8) is 0 Å². The molecule has 1 atom stereocenters. The maximum atomic E-state index is 6.21. The predicted molar refractivity (Wildman–Crippen MR) is 108 cm³/mol. The van der Waals surface area contributed by atoms with E-state index in [0.29, 0.717) is 0 Å². The lowest BCUT2D eigenvalue weighted by atomic mass is 9.83. The second kappa shape index (κ2) is 6.26. The molecular formula is C23H28N2O. The van der Waals surface area contributed by atoms with Crippen LogP contribution in [0, 0.1) is 0 Å². The van der Waals surface area contributed by atoms with Crippen LogP contribution in [-0.2, 0) is 12.1 Å². The lowest BCUT2D eigenvalue weighted by molar-refractivity contribution is 0.197. The average Bonchev–Trinajstić information content (AvgIpc) is 3.04. The van der Waals surface area contributed by atoms with Gasteiger partial charge in [0, 0.05) is 24.0 Å². The number of rotatable bonds is 3. The van der Waals surface area contributed by atoms with Crippen LogP contribution in [0.5, 0.6) is 0 Å². The van der Waals surface area contributed by atoms with Crippen LogP contribution in [0.3, 0.4) is 0 Å². The van der Waals surface area contributed by atoms with Crippen LogP contribution in [0.15, 0.2) is 52.9 Å². The first-order valence-electron chi connectivity index (χ1n) is 9.34. The summed E-state index contributed by atoms with van der Waals surface area (Å²) in [5.41, 5.74) is 5.17. The van der Waals surface area contributed by atoms with Crippen LogP contribution >= 0.6 is 0 Å². The fourth-order valence-electron chi connectivity index (χ4n) is 3.90. The first kappa shape index (κ1) is 17.3. The van der Waals surface area contributed by atoms with Gasteiger partial charge in [-0.15, -0.1) is 0 Å². The molecule has 26 heavy (non-hydrogen) atoms. The fourth-order valence-corrected chi connectivity index (χ4v) is 3.90. The van der Waals surface area contributed by atoms with E-state index in [-0.39, 0.29) is 11.5 Å². The van der Waals surface area contributed by atoms with Crippen LogP contribution in [-0.4, -0.2) is 37.5 Å². The van der Waals surface area contributed by atoms with Crippen molar-refractivity contribution in [1.82, 2.24) is 9.80 Å². The molecule has 0 radical (unpaired) electrons. The first-order chi connectivity index (χ1) is 12.4. The molecule has 0 amide bonds. The van der Waals surface area contributed by atoms with Gasteiger partial charge < -0.3 is 14.2 Å². The molecule has 2 aromatic carbocycles. The van der Waals surface area contributed by atoms with Crippen molar-refractivity contribution >= 4 is 11.0 Å². The maximum absolute atomic E-state index is 6.21. The Morgan fingerprint density at radius 2 is 1.85 bits per heavy atom. The second-order valence-electron chi connectivity index (χ2n) is 8.30. The highest BCUT2D eigenvalue weighted by Crippen LogP contribution is 2.38. The fraction of sp³-hybridized carbons (Fsp3) is 0.391. The monoisotopic (exact) mass is 348 g/mol. The van der Waals surface area contributed by atoms with Gasteiger partial charge in [0.05, 0.1) is 5.92 Å². The largest absolute Gasteiger partial charge is 0.460 e. The van der Waals surface area contributed by atoms with Crippen molar-refractivity contribution < 1.29 is 4.42 Å². The highest BCUT2D eigenvalue weighted by molar-refractivity contribution is 5.78. The number of para-hydroxylation sites is 1. The minimum atomic E-state index is 0.0138. The summed E-state index contributed by atoms with van der Waals surface area (Å²) in [5.74, 6) is 1.35. The van der Waals surface area contributed by atoms with Crippen LogP contribution in [0.2, 0.25) is 0 Å². The van der Waals surface area contributed by atoms with E-state index in [1.807, 2.05) is 6.07 Å². The third-order valence-corrected chi connectivity index (χ3v) is 6.07. The number of furan rings is 1. The number of benzene rings is 2. The van der Waals surface area contributed by atoms with Gasteiger partial charge in [0.25, 0.3) is 0 Å². The minimum Gasteiger partial charge on any atom is -0.460 e. The molecule has 0 bridgehead atoms. The van der Waals surface area contributed by atoms with Gasteiger partial charge in [0.1, 0.15) is 11.3 Å². The second-order valence-corrected chi connectivity index (χ2v) is 8.30. The lowest BCUT2D eigenvalue weighted by Gasteiger charge is -2.36. The Morgan fingerprint density at radius 3 is 2.58 bits per heavy atom. The quantitative estimate of drug-likeness (QED) is 0.677. The summed E-state index contributed by atoms with van der Waals surface area (Å²) in [6.07, 6.45) is 0. The molecule has 0 aliphatic carbocycles. The molecule has 2 heterocycles. The van der Waals surface area contributed by atoms with Crippen molar-refractivity contribution in [2.45, 2.75) is 31.8 Å². The van der Waals surface area contributed by atoms with E-state index in [4.69, 9.17) is 4.42 Å². The molecule has 3 nitrogen and oxygen atoms in total. The van der Waals surface area contributed by atoms with Gasteiger partial charge in [0.15, 0.2) is 0 Å². The van der Waals surface area contributed by atoms with Crippen molar-refractivity contribution in [2.75, 3.05) is 27.7 Å². The van der Waals surface area contributed by atoms with E-state index in [1.165, 1.54) is 22.1 Å². The number of likely N-dealkylation sites (N-methyl/N-ethyl adjacent to an activating group) is 1. The Kier molecular flexibility index (Phi) is 4.17. The molecule has 0 N–H and O–H groups in total. The summed E-state index contributed by atoms with van der Waals surface area (Å²) in [5, 5.41) is 1.18. The molecule has 0 fully saturated rings. The summed E-state index contributed by atoms with van der Waals surface area (Å²) in [6, 6.07) is 17.5. The third-order valence-electron chi connectivity index (χ3n) is 6.07. The highest BCUT2D eigenvalue weighted by atomic mass is 16.3. The van der Waals surface area contributed by atoms with Gasteiger partial charge in [-0.2, -0.15) is 0 Å². The molecule has 1 aliphatic heterocycles. The lowest BCUT2D eigenvalue weighted by Crippen LogP contribution is -2.36. The van der Waals surface area contributed by atoms with Crippen LogP contribution in [0.25, 0.3) is 11.0 Å². The highest BCUT2D eigenvalue weighted by Gasteiger charge is 2.30. The zero-order chi connectivity index (χ0) is 18.5. The number of hydrogen-bond acceptors (Lipinski definition) is 3. The molecule has 0 saturated heterocycles. The van der Waals surface area contributed by atoms with Crippen LogP contribution in [0.4, 0.5) is 0 Å². The zero-order valence-corrected chi connectivity index (χ0v) is 16.4. The van der Waals surface area contributed by atoms with Gasteiger partial charge >= 0.3 is 0 Å². The SMILES string of the molecule is CN1Cc2cc(C(C)(C)N(C)C)ccc2C(c2cc3ccccc3o2)C1. The van der Waals surface area contributed by atoms with Gasteiger partial charge in [0.2, 0.25) is 0 Å². The molecule has 1 aliphatic rings. The molecule has 3 heteroatoms. The Bertz CT molecular complexity index is 905. The van der Waals surface area contributed by atoms with E-state index < -0.39 is 0 Å². The van der Waals surface area contributed by atoms with Crippen molar-refractivity contribution in [3.05, 3.63) is 71.0 Å². The van der Waals surface area contributed by atoms with Gasteiger partial charge in [-0.25, -0.2) is 0 Å². The minimum absolute atomic E-state index is 0.0138. The normalized spacial score (nSPS) is 18.5. The molecular weight excluding hydrogens is 320 g/mol. The Hall–Kier alpha value is -2.10. The van der Waals surface area contributed by atoms with E-state index in [1.54, 1.807) is 0 Å². The molecule has 1 aromatic heterocycles. The Balaban J connectivity index is 1.78. The van der Waals surface area contributed by atoms with E-state index >= 15 is 0 Å². The van der Waals surface area contributed by atoms with Crippen LogP contribution < -0.4 is 0 Å².